The van der Waals surface area contributed by atoms with Crippen LogP contribution in [0.2, 0.25) is 0 Å². The Kier molecular flexibility index (Phi) is 3.87. The predicted molar refractivity (Wildman–Crippen MR) is 93.2 cm³/mol. The van der Waals surface area contributed by atoms with Gasteiger partial charge in [-0.25, -0.2) is 18.6 Å². The summed E-state index contributed by atoms with van der Waals surface area (Å²) < 4.78 is 36.0. The van der Waals surface area contributed by atoms with Crippen LogP contribution in [0.1, 0.15) is 17.3 Å². The Balaban J connectivity index is 1.90. The monoisotopic (exact) mass is 371 g/mol. The maximum atomic E-state index is 14.5. The number of hydrogen-bond donors (Lipinski definition) is 0. The molecule has 0 aliphatic heterocycles. The Morgan fingerprint density at radius 2 is 2.00 bits per heavy atom. The van der Waals surface area contributed by atoms with Gasteiger partial charge < -0.3 is 4.52 Å². The summed E-state index contributed by atoms with van der Waals surface area (Å²) in [6.07, 6.45) is 1.46. The first-order chi connectivity index (χ1) is 12.9. The molecule has 1 aromatic carbocycles. The average Bonchev–Trinajstić information content (AvgIpc) is 3.16. The highest BCUT2D eigenvalue weighted by Gasteiger charge is 2.18. The van der Waals surface area contributed by atoms with Gasteiger partial charge in [0.1, 0.15) is 18.2 Å². The van der Waals surface area contributed by atoms with Gasteiger partial charge in [0.15, 0.2) is 11.5 Å². The van der Waals surface area contributed by atoms with Crippen LogP contribution in [0, 0.1) is 25.5 Å². The van der Waals surface area contributed by atoms with Crippen molar-refractivity contribution in [2.75, 3.05) is 0 Å². The minimum Gasteiger partial charge on any atom is -0.337 e. The molecule has 0 bridgehead atoms. The largest absolute Gasteiger partial charge is 0.337 e. The van der Waals surface area contributed by atoms with Gasteiger partial charge in [0.2, 0.25) is 5.89 Å². The molecule has 0 saturated heterocycles. The van der Waals surface area contributed by atoms with Gasteiger partial charge in [-0.05, 0) is 32.0 Å². The first kappa shape index (κ1) is 17.1. The van der Waals surface area contributed by atoms with Crippen LogP contribution in [0.5, 0.6) is 0 Å². The van der Waals surface area contributed by atoms with Gasteiger partial charge in [-0.2, -0.15) is 4.98 Å². The number of pyridine rings is 1. The molecule has 0 aliphatic carbocycles. The van der Waals surface area contributed by atoms with E-state index in [0.717, 1.165) is 0 Å². The summed E-state index contributed by atoms with van der Waals surface area (Å²) >= 11 is 0. The molecule has 0 fully saturated rings. The normalized spacial score (nSPS) is 11.4. The second-order valence-electron chi connectivity index (χ2n) is 6.26. The first-order valence-electron chi connectivity index (χ1n) is 8.16. The van der Waals surface area contributed by atoms with Crippen molar-refractivity contribution in [2.45, 2.75) is 20.4 Å². The molecule has 0 saturated carbocycles. The number of aromatic nitrogens is 5. The molecule has 0 aliphatic rings. The number of aryl methyl sites for hydroxylation is 2. The number of imidazole rings is 1. The summed E-state index contributed by atoms with van der Waals surface area (Å²) in [6, 6.07) is 4.20. The Labute approximate surface area is 151 Å². The predicted octanol–water partition coefficient (Wildman–Crippen LogP) is 2.73. The third-order valence-electron chi connectivity index (χ3n) is 4.47. The second-order valence-corrected chi connectivity index (χ2v) is 6.26. The second kappa shape index (κ2) is 6.11. The fourth-order valence-corrected chi connectivity index (χ4v) is 3.00. The molecule has 3 heterocycles. The molecule has 3 aromatic heterocycles. The van der Waals surface area contributed by atoms with E-state index in [0.29, 0.717) is 22.6 Å². The van der Waals surface area contributed by atoms with Crippen LogP contribution in [0.4, 0.5) is 8.78 Å². The van der Waals surface area contributed by atoms with Crippen molar-refractivity contribution in [1.82, 2.24) is 24.3 Å². The molecule has 7 nitrogen and oxygen atoms in total. The van der Waals surface area contributed by atoms with Crippen molar-refractivity contribution in [3.63, 3.8) is 0 Å². The van der Waals surface area contributed by atoms with Crippen molar-refractivity contribution in [1.29, 1.82) is 0 Å². The van der Waals surface area contributed by atoms with Gasteiger partial charge >= 0.3 is 5.69 Å². The molecule has 0 unspecified atom stereocenters. The van der Waals surface area contributed by atoms with E-state index in [-0.39, 0.29) is 29.3 Å². The van der Waals surface area contributed by atoms with Gasteiger partial charge in [-0.15, -0.1) is 0 Å². The maximum Gasteiger partial charge on any atom is 0.330 e. The van der Waals surface area contributed by atoms with Crippen molar-refractivity contribution < 1.29 is 13.3 Å². The summed E-state index contributed by atoms with van der Waals surface area (Å²) in [6.45, 7) is 3.11. The third kappa shape index (κ3) is 2.71. The Morgan fingerprint density at radius 1 is 1.22 bits per heavy atom. The quantitative estimate of drug-likeness (QED) is 0.553. The summed E-state index contributed by atoms with van der Waals surface area (Å²) in [5.74, 6) is -0.542. The van der Waals surface area contributed by atoms with Crippen molar-refractivity contribution in [3.05, 3.63) is 63.8 Å². The lowest BCUT2D eigenvalue weighted by Gasteiger charge is -2.07. The average molecular weight is 371 g/mol. The Morgan fingerprint density at radius 3 is 2.70 bits per heavy atom. The highest BCUT2D eigenvalue weighted by Crippen LogP contribution is 2.28. The lowest BCUT2D eigenvalue weighted by Crippen LogP contribution is -2.22. The van der Waals surface area contributed by atoms with Gasteiger partial charge in [0, 0.05) is 29.9 Å². The lowest BCUT2D eigenvalue weighted by molar-refractivity contribution is 0.367. The van der Waals surface area contributed by atoms with Crippen LogP contribution in [-0.4, -0.2) is 24.3 Å². The number of halogens is 2. The van der Waals surface area contributed by atoms with Crippen LogP contribution in [0.15, 0.2) is 33.7 Å². The summed E-state index contributed by atoms with van der Waals surface area (Å²) in [4.78, 5) is 21.0. The summed E-state index contributed by atoms with van der Waals surface area (Å²) in [5.41, 5.74) is 1.17. The first-order valence-corrected chi connectivity index (χ1v) is 8.16. The van der Waals surface area contributed by atoms with Gasteiger partial charge in [0.25, 0.3) is 0 Å². The maximum absolute atomic E-state index is 14.5. The van der Waals surface area contributed by atoms with E-state index in [1.807, 2.05) is 0 Å². The number of nitrogens with zero attached hydrogens (tertiary/aromatic N) is 5. The van der Waals surface area contributed by atoms with Crippen LogP contribution in [-0.2, 0) is 13.6 Å². The standard InChI is InChI=1S/C18H15F2N5O2/c1-9-13(19)5-4-12(16(9)20)11-6-14-17(21-7-11)24(3)18(26)25(14)8-15-22-10(2)23-27-15/h4-7H,8H2,1-3H3. The Hall–Kier alpha value is -3.36. The molecule has 0 radical (unpaired) electrons. The van der Waals surface area contributed by atoms with E-state index in [9.17, 15) is 13.6 Å². The molecule has 0 amide bonds. The Bertz CT molecular complexity index is 1240. The molecular weight excluding hydrogens is 356 g/mol. The zero-order valence-electron chi connectivity index (χ0n) is 14.8. The smallest absolute Gasteiger partial charge is 0.330 e. The van der Waals surface area contributed by atoms with E-state index in [4.69, 9.17) is 4.52 Å². The van der Waals surface area contributed by atoms with Crippen molar-refractivity contribution in [3.8, 4) is 11.1 Å². The lowest BCUT2D eigenvalue weighted by atomic mass is 10.0. The molecule has 9 heteroatoms. The molecule has 27 heavy (non-hydrogen) atoms. The highest BCUT2D eigenvalue weighted by atomic mass is 19.1. The molecule has 4 rings (SSSR count). The minimum absolute atomic E-state index is 0.0626. The highest BCUT2D eigenvalue weighted by molar-refractivity contribution is 5.79. The zero-order valence-corrected chi connectivity index (χ0v) is 14.8. The van der Waals surface area contributed by atoms with Gasteiger partial charge in [-0.1, -0.05) is 5.16 Å². The minimum atomic E-state index is -0.659. The van der Waals surface area contributed by atoms with Crippen LogP contribution in [0.25, 0.3) is 22.3 Å². The molecule has 0 spiro atoms. The molecule has 4 aromatic rings. The van der Waals surface area contributed by atoms with E-state index in [2.05, 4.69) is 15.1 Å². The van der Waals surface area contributed by atoms with Crippen LogP contribution in [0.3, 0.4) is 0 Å². The van der Waals surface area contributed by atoms with Gasteiger partial charge in [0.05, 0.1) is 5.52 Å². The van der Waals surface area contributed by atoms with E-state index < -0.39 is 11.6 Å². The molecular formula is C18H15F2N5O2. The topological polar surface area (TPSA) is 78.7 Å². The molecule has 0 N–H and O–H groups in total. The number of benzene rings is 1. The van der Waals surface area contributed by atoms with Gasteiger partial charge in [-0.3, -0.25) is 9.13 Å². The fraction of sp³-hybridized carbons (Fsp3) is 0.222. The number of rotatable bonds is 3. The number of hydrogen-bond acceptors (Lipinski definition) is 5. The van der Waals surface area contributed by atoms with E-state index in [1.54, 1.807) is 20.0 Å². The number of fused-ring (bicyclic) bond motifs is 1. The third-order valence-corrected chi connectivity index (χ3v) is 4.47. The fourth-order valence-electron chi connectivity index (χ4n) is 3.00. The van der Waals surface area contributed by atoms with E-state index in [1.165, 1.54) is 34.4 Å². The SMILES string of the molecule is Cc1noc(Cn2c(=O)n(C)c3ncc(-c4ccc(F)c(C)c4F)cc32)n1. The van der Waals surface area contributed by atoms with Crippen molar-refractivity contribution >= 4 is 11.2 Å². The van der Waals surface area contributed by atoms with Crippen LogP contribution < -0.4 is 5.69 Å². The van der Waals surface area contributed by atoms with Crippen LogP contribution >= 0.6 is 0 Å². The molecule has 0 atom stereocenters. The molecule has 138 valence electrons. The van der Waals surface area contributed by atoms with E-state index >= 15 is 0 Å². The summed E-state index contributed by atoms with van der Waals surface area (Å²) in [5, 5.41) is 3.71. The van der Waals surface area contributed by atoms with Crippen molar-refractivity contribution in [2.24, 2.45) is 7.05 Å². The zero-order chi connectivity index (χ0) is 19.3. The summed E-state index contributed by atoms with van der Waals surface area (Å²) in [7, 11) is 1.59.